The Morgan fingerprint density at radius 2 is 1.65 bits per heavy atom. The molecule has 0 saturated heterocycles. The number of fused-ring (bicyclic) bond motifs is 1. The summed E-state index contributed by atoms with van der Waals surface area (Å²) in [5.41, 5.74) is 2.34. The van der Waals surface area contributed by atoms with Gasteiger partial charge in [0.2, 0.25) is 0 Å². The molecule has 1 aliphatic rings. The van der Waals surface area contributed by atoms with E-state index in [2.05, 4.69) is 29.2 Å². The van der Waals surface area contributed by atoms with E-state index in [1.54, 1.807) is 0 Å². The van der Waals surface area contributed by atoms with Crippen LogP contribution in [0.4, 0.5) is 0 Å². The fourth-order valence-corrected chi connectivity index (χ4v) is 2.84. The minimum Gasteiger partial charge on any atom is -0.297 e. The predicted molar refractivity (Wildman–Crippen MR) is 70.1 cm³/mol. The van der Waals surface area contributed by atoms with Crippen molar-refractivity contribution in [3.63, 3.8) is 0 Å². The van der Waals surface area contributed by atoms with Crippen molar-refractivity contribution in [2.75, 3.05) is 14.1 Å². The summed E-state index contributed by atoms with van der Waals surface area (Å²) in [5, 5.41) is 0. The molecular formula is C15H21NO. The first kappa shape index (κ1) is 12.3. The topological polar surface area (TPSA) is 20.3 Å². The third kappa shape index (κ3) is 1.91. The van der Waals surface area contributed by atoms with Crippen molar-refractivity contribution in [1.29, 1.82) is 0 Å². The molecule has 0 atom stereocenters. The number of hydrogen-bond acceptors (Lipinski definition) is 2. The van der Waals surface area contributed by atoms with Crippen LogP contribution in [0.5, 0.6) is 0 Å². The van der Waals surface area contributed by atoms with Gasteiger partial charge >= 0.3 is 0 Å². The maximum atomic E-state index is 12.5. The lowest BCUT2D eigenvalue weighted by Gasteiger charge is -2.36. The Hall–Kier alpha value is -1.15. The van der Waals surface area contributed by atoms with E-state index >= 15 is 0 Å². The molecule has 0 spiro atoms. The number of likely N-dealkylation sites (N-methyl/N-ethyl adjacent to an activating group) is 1. The first-order valence-electron chi connectivity index (χ1n) is 6.26. The highest BCUT2D eigenvalue weighted by Crippen LogP contribution is 2.35. The minimum atomic E-state index is -0.322. The van der Waals surface area contributed by atoms with Crippen molar-refractivity contribution < 1.29 is 4.79 Å². The summed E-state index contributed by atoms with van der Waals surface area (Å²) in [5.74, 6) is 0.449. The second kappa shape index (κ2) is 4.26. The van der Waals surface area contributed by atoms with Crippen LogP contribution in [0.2, 0.25) is 0 Å². The van der Waals surface area contributed by atoms with Crippen molar-refractivity contribution in [2.45, 2.75) is 32.2 Å². The molecule has 0 fully saturated rings. The number of hydrogen-bond donors (Lipinski definition) is 0. The third-order valence-corrected chi connectivity index (χ3v) is 3.92. The van der Waals surface area contributed by atoms with E-state index < -0.39 is 0 Å². The lowest BCUT2D eigenvalue weighted by Crippen LogP contribution is -2.53. The minimum absolute atomic E-state index is 0.0895. The van der Waals surface area contributed by atoms with E-state index in [4.69, 9.17) is 0 Å². The van der Waals surface area contributed by atoms with E-state index in [-0.39, 0.29) is 11.5 Å². The Bertz CT molecular complexity index is 409. The van der Waals surface area contributed by atoms with Gasteiger partial charge in [-0.1, -0.05) is 38.1 Å². The molecule has 0 amide bonds. The van der Waals surface area contributed by atoms with Gasteiger partial charge in [0.05, 0.1) is 5.54 Å². The first-order chi connectivity index (χ1) is 7.97. The normalized spacial score (nSPS) is 17.5. The average molecular weight is 231 g/mol. The zero-order valence-electron chi connectivity index (χ0n) is 11.2. The summed E-state index contributed by atoms with van der Waals surface area (Å²) in [4.78, 5) is 14.6. The van der Waals surface area contributed by atoms with Gasteiger partial charge in [0, 0.05) is 5.92 Å². The van der Waals surface area contributed by atoms with Crippen LogP contribution < -0.4 is 0 Å². The molecule has 1 aliphatic carbocycles. The van der Waals surface area contributed by atoms with Crippen LogP contribution in [0.15, 0.2) is 24.3 Å². The molecule has 1 aromatic rings. The zero-order valence-corrected chi connectivity index (χ0v) is 11.2. The lowest BCUT2D eigenvalue weighted by atomic mass is 9.83. The number of carbonyl (C=O) groups is 1. The number of benzene rings is 1. The number of rotatable bonds is 3. The molecule has 0 bridgehead atoms. The quantitative estimate of drug-likeness (QED) is 0.795. The number of nitrogens with zero attached hydrogens (tertiary/aromatic N) is 1. The molecule has 0 radical (unpaired) electrons. The molecule has 92 valence electrons. The Kier molecular flexibility index (Phi) is 3.09. The van der Waals surface area contributed by atoms with E-state index in [1.165, 1.54) is 11.1 Å². The first-order valence-corrected chi connectivity index (χ1v) is 6.26. The van der Waals surface area contributed by atoms with Gasteiger partial charge in [-0.15, -0.1) is 0 Å². The Balaban J connectivity index is 2.39. The second-order valence-electron chi connectivity index (χ2n) is 5.57. The Morgan fingerprint density at radius 1 is 1.18 bits per heavy atom. The van der Waals surface area contributed by atoms with Gasteiger partial charge in [0.15, 0.2) is 5.78 Å². The van der Waals surface area contributed by atoms with Crippen molar-refractivity contribution in [3.8, 4) is 0 Å². The molecule has 0 aliphatic heterocycles. The van der Waals surface area contributed by atoms with Gasteiger partial charge in [-0.3, -0.25) is 9.69 Å². The van der Waals surface area contributed by atoms with Crippen LogP contribution >= 0.6 is 0 Å². The summed E-state index contributed by atoms with van der Waals surface area (Å²) in [6, 6.07) is 8.41. The second-order valence-corrected chi connectivity index (χ2v) is 5.57. The molecule has 0 unspecified atom stereocenters. The van der Waals surface area contributed by atoms with Crippen LogP contribution in [-0.2, 0) is 17.6 Å². The van der Waals surface area contributed by atoms with Crippen LogP contribution in [0.1, 0.15) is 25.0 Å². The summed E-state index contributed by atoms with van der Waals surface area (Å²) >= 11 is 0. The highest BCUT2D eigenvalue weighted by molar-refractivity contribution is 5.91. The molecule has 17 heavy (non-hydrogen) atoms. The molecule has 2 rings (SSSR count). The molecule has 0 saturated carbocycles. The standard InChI is InChI=1S/C15H21NO/c1-11(2)14(17)15(16(3)4)9-12-7-5-6-8-13(12)10-15/h5-8,11H,9-10H2,1-4H3. The number of carbonyl (C=O) groups excluding carboxylic acids is 1. The van der Waals surface area contributed by atoms with Crippen molar-refractivity contribution in [2.24, 2.45) is 5.92 Å². The molecule has 0 aromatic heterocycles. The predicted octanol–water partition coefficient (Wildman–Crippen LogP) is 2.31. The zero-order chi connectivity index (χ0) is 12.6. The van der Waals surface area contributed by atoms with Gasteiger partial charge in [0.1, 0.15) is 0 Å². The van der Waals surface area contributed by atoms with Gasteiger partial charge in [0.25, 0.3) is 0 Å². The summed E-state index contributed by atoms with van der Waals surface area (Å²) in [7, 11) is 4.04. The average Bonchev–Trinajstić information content (AvgIpc) is 2.68. The van der Waals surface area contributed by atoms with Crippen LogP contribution in [-0.4, -0.2) is 30.3 Å². The fourth-order valence-electron chi connectivity index (χ4n) is 2.84. The smallest absolute Gasteiger partial charge is 0.156 e. The monoisotopic (exact) mass is 231 g/mol. The highest BCUT2D eigenvalue weighted by atomic mass is 16.1. The van der Waals surface area contributed by atoms with Gasteiger partial charge in [-0.25, -0.2) is 0 Å². The maximum Gasteiger partial charge on any atom is 0.156 e. The molecule has 1 aromatic carbocycles. The van der Waals surface area contributed by atoms with E-state index in [1.807, 2.05) is 27.9 Å². The Labute approximate surface area is 104 Å². The fraction of sp³-hybridized carbons (Fsp3) is 0.533. The summed E-state index contributed by atoms with van der Waals surface area (Å²) in [6.45, 7) is 3.99. The molecule has 0 heterocycles. The van der Waals surface area contributed by atoms with Crippen LogP contribution in [0.25, 0.3) is 0 Å². The van der Waals surface area contributed by atoms with Gasteiger partial charge < -0.3 is 0 Å². The summed E-state index contributed by atoms with van der Waals surface area (Å²) < 4.78 is 0. The largest absolute Gasteiger partial charge is 0.297 e. The molecule has 2 nitrogen and oxygen atoms in total. The third-order valence-electron chi connectivity index (χ3n) is 3.92. The number of Topliss-reactive ketones (excluding diaryl/α,β-unsaturated/α-hetero) is 1. The van der Waals surface area contributed by atoms with Crippen LogP contribution in [0, 0.1) is 5.92 Å². The molecule has 2 heteroatoms. The lowest BCUT2D eigenvalue weighted by molar-refractivity contribution is -0.132. The molecule has 0 N–H and O–H groups in total. The maximum absolute atomic E-state index is 12.5. The number of ketones is 1. The van der Waals surface area contributed by atoms with E-state index in [0.717, 1.165) is 12.8 Å². The van der Waals surface area contributed by atoms with Crippen molar-refractivity contribution in [1.82, 2.24) is 4.90 Å². The summed E-state index contributed by atoms with van der Waals surface area (Å²) in [6.07, 6.45) is 1.71. The van der Waals surface area contributed by atoms with E-state index in [9.17, 15) is 4.79 Å². The Morgan fingerprint density at radius 3 is 2.00 bits per heavy atom. The van der Waals surface area contributed by atoms with Gasteiger partial charge in [-0.2, -0.15) is 0 Å². The van der Waals surface area contributed by atoms with Gasteiger partial charge in [-0.05, 0) is 38.1 Å². The van der Waals surface area contributed by atoms with Crippen LogP contribution in [0.3, 0.4) is 0 Å². The molecular weight excluding hydrogens is 210 g/mol. The van der Waals surface area contributed by atoms with Crippen molar-refractivity contribution in [3.05, 3.63) is 35.4 Å². The highest BCUT2D eigenvalue weighted by Gasteiger charge is 2.45. The van der Waals surface area contributed by atoms with E-state index in [0.29, 0.717) is 5.78 Å². The SMILES string of the molecule is CC(C)C(=O)C1(N(C)C)Cc2ccccc2C1. The van der Waals surface area contributed by atoms with Crippen molar-refractivity contribution >= 4 is 5.78 Å².